The third kappa shape index (κ3) is 8.79. The van der Waals surface area contributed by atoms with Crippen LogP contribution in [-0.4, -0.2) is 18.8 Å². The van der Waals surface area contributed by atoms with Gasteiger partial charge in [-0.15, -0.1) is 6.58 Å². The number of ether oxygens (including phenoxy) is 2. The summed E-state index contributed by atoms with van der Waals surface area (Å²) < 4.78 is 11.9. The molecule has 1 heterocycles. The molecule has 0 N–H and O–H groups in total. The molecule has 1 fully saturated rings. The molecule has 1 aliphatic rings. The maximum absolute atomic E-state index is 6.33. The number of hydrogen-bond acceptors (Lipinski definition) is 2. The zero-order valence-electron chi connectivity index (χ0n) is 20.6. The number of epoxide rings is 1. The van der Waals surface area contributed by atoms with Crippen LogP contribution >= 0.6 is 0 Å². The first-order valence-electron chi connectivity index (χ1n) is 12.4. The summed E-state index contributed by atoms with van der Waals surface area (Å²) in [5.74, 6) is 0.709. The van der Waals surface area contributed by atoms with E-state index in [1.807, 2.05) is 18.2 Å². The first kappa shape index (κ1) is 25.2. The molecule has 1 aliphatic heterocycles. The third-order valence-electron chi connectivity index (χ3n) is 6.31. The van der Waals surface area contributed by atoms with Crippen LogP contribution in [0.1, 0.15) is 70.1 Å². The van der Waals surface area contributed by atoms with Crippen LogP contribution in [0, 0.1) is 5.92 Å². The van der Waals surface area contributed by atoms with Gasteiger partial charge in [0, 0.05) is 0 Å². The van der Waals surface area contributed by atoms with E-state index in [1.54, 1.807) is 0 Å². The van der Waals surface area contributed by atoms with E-state index >= 15 is 0 Å². The highest BCUT2D eigenvalue weighted by molar-refractivity contribution is 5.30. The summed E-state index contributed by atoms with van der Waals surface area (Å²) >= 11 is 0. The van der Waals surface area contributed by atoms with Crippen molar-refractivity contribution in [1.82, 2.24) is 0 Å². The lowest BCUT2D eigenvalue weighted by atomic mass is 9.95. The number of hydrogen-bond donors (Lipinski definition) is 0. The summed E-state index contributed by atoms with van der Waals surface area (Å²) in [6, 6.07) is 20.9. The van der Waals surface area contributed by atoms with E-state index in [-0.39, 0.29) is 6.10 Å². The SMILES string of the molecule is C=C[C@@H]1O[C@H]1CCCC[C@@H](C)C/C(C)=C/C(C)=C/COC(c1ccccc1)c1ccccc1. The molecule has 0 radical (unpaired) electrons. The molecule has 0 spiro atoms. The van der Waals surface area contributed by atoms with Crippen molar-refractivity contribution in [3.05, 3.63) is 108 Å². The zero-order valence-corrected chi connectivity index (χ0v) is 20.6. The fourth-order valence-corrected chi connectivity index (χ4v) is 4.51. The van der Waals surface area contributed by atoms with E-state index in [9.17, 15) is 0 Å². The molecule has 176 valence electrons. The summed E-state index contributed by atoms with van der Waals surface area (Å²) in [7, 11) is 0. The fourth-order valence-electron chi connectivity index (χ4n) is 4.51. The van der Waals surface area contributed by atoms with Crippen molar-refractivity contribution in [1.29, 1.82) is 0 Å². The average Bonchev–Trinajstić information content (AvgIpc) is 3.59. The third-order valence-corrected chi connectivity index (χ3v) is 6.31. The fraction of sp³-hybridized carbons (Fsp3) is 0.419. The standard InChI is InChI=1S/C31H40O2/c1-5-29-30(33-29)19-13-12-14-24(2)22-26(4)23-25(3)20-21-32-31(27-15-8-6-9-16-27)28-17-10-7-11-18-28/h5-11,15-18,20,23-24,29-31H,1,12-14,19,21-22H2,2-4H3/b25-20+,26-23+/t24-,29+,30+/m1/s1. The van der Waals surface area contributed by atoms with Crippen LogP contribution in [0.15, 0.2) is 96.6 Å². The Bertz CT molecular complexity index is 858. The molecule has 0 aromatic heterocycles. The normalized spacial score (nSPS) is 19.5. The number of rotatable bonds is 14. The Hall–Kier alpha value is -2.42. The van der Waals surface area contributed by atoms with Crippen molar-refractivity contribution in [2.45, 2.75) is 71.2 Å². The number of unbranched alkanes of at least 4 members (excludes halogenated alkanes) is 1. The maximum atomic E-state index is 6.33. The molecular weight excluding hydrogens is 404 g/mol. The second-order valence-electron chi connectivity index (χ2n) is 9.44. The predicted octanol–water partition coefficient (Wildman–Crippen LogP) is 8.23. The Balaban J connectivity index is 1.44. The van der Waals surface area contributed by atoms with Gasteiger partial charge >= 0.3 is 0 Å². The Labute approximate surface area is 201 Å². The van der Waals surface area contributed by atoms with E-state index in [0.717, 1.165) is 6.42 Å². The molecule has 0 bridgehead atoms. The topological polar surface area (TPSA) is 21.8 Å². The Morgan fingerprint density at radius 2 is 1.64 bits per heavy atom. The number of allylic oxidation sites excluding steroid dienone is 3. The van der Waals surface area contributed by atoms with Crippen LogP contribution in [0.5, 0.6) is 0 Å². The zero-order chi connectivity index (χ0) is 23.5. The Morgan fingerprint density at radius 3 is 2.21 bits per heavy atom. The van der Waals surface area contributed by atoms with Crippen molar-refractivity contribution in [3.8, 4) is 0 Å². The van der Waals surface area contributed by atoms with Gasteiger partial charge in [0.25, 0.3) is 0 Å². The molecule has 33 heavy (non-hydrogen) atoms. The van der Waals surface area contributed by atoms with Crippen LogP contribution in [0.3, 0.4) is 0 Å². The van der Waals surface area contributed by atoms with Crippen molar-refractivity contribution in [3.63, 3.8) is 0 Å². The molecule has 2 aromatic carbocycles. The number of benzene rings is 2. The van der Waals surface area contributed by atoms with Crippen LogP contribution < -0.4 is 0 Å². The predicted molar refractivity (Wildman–Crippen MR) is 139 cm³/mol. The average molecular weight is 445 g/mol. The molecule has 2 heteroatoms. The lowest BCUT2D eigenvalue weighted by Gasteiger charge is -2.18. The van der Waals surface area contributed by atoms with E-state index < -0.39 is 0 Å². The quantitative estimate of drug-likeness (QED) is 0.127. The first-order chi connectivity index (χ1) is 16.1. The second-order valence-corrected chi connectivity index (χ2v) is 9.44. The van der Waals surface area contributed by atoms with E-state index in [2.05, 4.69) is 88.0 Å². The Kier molecular flexibility index (Phi) is 10.2. The van der Waals surface area contributed by atoms with Gasteiger partial charge in [-0.3, -0.25) is 0 Å². The van der Waals surface area contributed by atoms with E-state index in [1.165, 1.54) is 48.0 Å². The lowest BCUT2D eigenvalue weighted by molar-refractivity contribution is 0.104. The minimum absolute atomic E-state index is 0.0515. The molecule has 3 rings (SSSR count). The minimum Gasteiger partial charge on any atom is -0.365 e. The molecule has 2 nitrogen and oxygen atoms in total. The van der Waals surface area contributed by atoms with Crippen LogP contribution in [-0.2, 0) is 9.47 Å². The molecule has 0 saturated carbocycles. The van der Waals surface area contributed by atoms with Crippen molar-refractivity contribution in [2.75, 3.05) is 6.61 Å². The van der Waals surface area contributed by atoms with Crippen LogP contribution in [0.4, 0.5) is 0 Å². The van der Waals surface area contributed by atoms with Gasteiger partial charge < -0.3 is 9.47 Å². The van der Waals surface area contributed by atoms with Crippen molar-refractivity contribution in [2.24, 2.45) is 5.92 Å². The molecule has 0 amide bonds. The second kappa shape index (κ2) is 13.3. The molecule has 2 aromatic rings. The Morgan fingerprint density at radius 1 is 1.00 bits per heavy atom. The molecular formula is C31H40O2. The van der Waals surface area contributed by atoms with Gasteiger partial charge in [-0.05, 0) is 43.7 Å². The molecule has 1 saturated heterocycles. The van der Waals surface area contributed by atoms with Crippen LogP contribution in [0.25, 0.3) is 0 Å². The van der Waals surface area contributed by atoms with Gasteiger partial charge in [0.15, 0.2) is 0 Å². The van der Waals surface area contributed by atoms with Gasteiger partial charge in [0.05, 0.1) is 12.7 Å². The molecule has 3 atom stereocenters. The summed E-state index contributed by atoms with van der Waals surface area (Å²) in [4.78, 5) is 0. The van der Waals surface area contributed by atoms with Gasteiger partial charge in [0.1, 0.15) is 12.2 Å². The minimum atomic E-state index is -0.0515. The highest BCUT2D eigenvalue weighted by Gasteiger charge is 2.34. The van der Waals surface area contributed by atoms with Crippen molar-refractivity contribution >= 4 is 0 Å². The smallest absolute Gasteiger partial charge is 0.108 e. The van der Waals surface area contributed by atoms with Gasteiger partial charge in [-0.25, -0.2) is 0 Å². The van der Waals surface area contributed by atoms with E-state index in [0.29, 0.717) is 24.7 Å². The first-order valence-corrected chi connectivity index (χ1v) is 12.4. The summed E-state index contributed by atoms with van der Waals surface area (Å²) in [5, 5.41) is 0. The van der Waals surface area contributed by atoms with Gasteiger partial charge in [-0.1, -0.05) is 116 Å². The largest absolute Gasteiger partial charge is 0.365 e. The van der Waals surface area contributed by atoms with Gasteiger partial charge in [0.2, 0.25) is 0 Å². The summed E-state index contributed by atoms with van der Waals surface area (Å²) in [5.41, 5.74) is 5.07. The lowest BCUT2D eigenvalue weighted by Crippen LogP contribution is -2.06. The summed E-state index contributed by atoms with van der Waals surface area (Å²) in [6.07, 6.45) is 13.3. The monoisotopic (exact) mass is 444 g/mol. The van der Waals surface area contributed by atoms with Crippen molar-refractivity contribution < 1.29 is 9.47 Å². The molecule has 0 unspecified atom stereocenters. The summed E-state index contributed by atoms with van der Waals surface area (Å²) in [6.45, 7) is 11.2. The highest BCUT2D eigenvalue weighted by atomic mass is 16.6. The van der Waals surface area contributed by atoms with Crippen LogP contribution in [0.2, 0.25) is 0 Å². The molecule has 0 aliphatic carbocycles. The van der Waals surface area contributed by atoms with E-state index in [4.69, 9.17) is 9.47 Å². The van der Waals surface area contributed by atoms with Gasteiger partial charge in [-0.2, -0.15) is 0 Å². The maximum Gasteiger partial charge on any atom is 0.108 e. The highest BCUT2D eigenvalue weighted by Crippen LogP contribution is 2.29.